The number of rotatable bonds is 6. The van der Waals surface area contributed by atoms with Crippen molar-refractivity contribution in [1.82, 2.24) is 15.1 Å². The lowest BCUT2D eigenvalue weighted by molar-refractivity contribution is 0.0144. The lowest BCUT2D eigenvalue weighted by atomic mass is 9.95. The van der Waals surface area contributed by atoms with Gasteiger partial charge in [0.05, 0.1) is 11.6 Å². The van der Waals surface area contributed by atoms with E-state index in [-0.39, 0.29) is 12.0 Å². The number of carbonyl (C=O) groups is 2. The fourth-order valence-electron chi connectivity index (χ4n) is 3.81. The maximum absolute atomic E-state index is 12.9. The van der Waals surface area contributed by atoms with Crippen LogP contribution in [-0.2, 0) is 4.74 Å². The summed E-state index contributed by atoms with van der Waals surface area (Å²) in [5.74, 6) is -0.145. The molecule has 2 aromatic rings. The van der Waals surface area contributed by atoms with Crippen molar-refractivity contribution >= 4 is 12.0 Å². The number of amides is 2. The standard InChI is InChI=1S/C26H32N4O3/c1-26(2,3)33-25(32)30-17-15-29(16-18-30)14-8-13-28-24(31)23-12-7-6-11-22(23)21-10-5-4-9-20(21)19-27/h4-7,9-12H,8,13-18H2,1-3H3,(H,28,31). The molecule has 1 fully saturated rings. The molecule has 1 aliphatic heterocycles. The summed E-state index contributed by atoms with van der Waals surface area (Å²) in [5.41, 5.74) is 2.13. The van der Waals surface area contributed by atoms with Gasteiger partial charge in [0.15, 0.2) is 0 Å². The van der Waals surface area contributed by atoms with Crippen LogP contribution >= 0.6 is 0 Å². The van der Waals surface area contributed by atoms with Crippen molar-refractivity contribution in [2.75, 3.05) is 39.3 Å². The lowest BCUT2D eigenvalue weighted by Gasteiger charge is -2.35. The molecule has 1 saturated heterocycles. The Morgan fingerprint density at radius 1 is 1.00 bits per heavy atom. The molecule has 1 aliphatic rings. The van der Waals surface area contributed by atoms with Gasteiger partial charge in [-0.15, -0.1) is 0 Å². The van der Waals surface area contributed by atoms with Gasteiger partial charge in [-0.1, -0.05) is 36.4 Å². The van der Waals surface area contributed by atoms with Crippen molar-refractivity contribution < 1.29 is 14.3 Å². The Morgan fingerprint density at radius 3 is 2.30 bits per heavy atom. The molecule has 7 nitrogen and oxygen atoms in total. The van der Waals surface area contributed by atoms with Gasteiger partial charge in [-0.2, -0.15) is 5.26 Å². The Balaban J connectivity index is 1.47. The van der Waals surface area contributed by atoms with E-state index in [1.807, 2.05) is 57.2 Å². The van der Waals surface area contributed by atoms with Crippen LogP contribution in [-0.4, -0.2) is 66.7 Å². The van der Waals surface area contributed by atoms with Crippen molar-refractivity contribution in [3.05, 3.63) is 59.7 Å². The minimum absolute atomic E-state index is 0.145. The molecule has 0 radical (unpaired) electrons. The quantitative estimate of drug-likeness (QED) is 0.678. The molecule has 0 unspecified atom stereocenters. The van der Waals surface area contributed by atoms with E-state index in [4.69, 9.17) is 4.74 Å². The molecule has 33 heavy (non-hydrogen) atoms. The van der Waals surface area contributed by atoms with E-state index in [1.54, 1.807) is 17.0 Å². The highest BCUT2D eigenvalue weighted by molar-refractivity contribution is 6.01. The summed E-state index contributed by atoms with van der Waals surface area (Å²) in [6.45, 7) is 9.89. The van der Waals surface area contributed by atoms with Crippen molar-refractivity contribution in [2.24, 2.45) is 0 Å². The topological polar surface area (TPSA) is 85.7 Å². The number of nitrogens with zero attached hydrogens (tertiary/aromatic N) is 3. The smallest absolute Gasteiger partial charge is 0.410 e. The van der Waals surface area contributed by atoms with Gasteiger partial charge in [0, 0.05) is 43.9 Å². The molecule has 0 saturated carbocycles. The van der Waals surface area contributed by atoms with Crippen molar-refractivity contribution in [3.63, 3.8) is 0 Å². The maximum atomic E-state index is 12.9. The molecular formula is C26H32N4O3. The predicted octanol–water partition coefficient (Wildman–Crippen LogP) is 3.90. The minimum atomic E-state index is -0.484. The van der Waals surface area contributed by atoms with Gasteiger partial charge in [0.2, 0.25) is 0 Å². The summed E-state index contributed by atoms with van der Waals surface area (Å²) in [6.07, 6.45) is 0.556. The number of nitrogens with one attached hydrogen (secondary N) is 1. The Hall–Kier alpha value is -3.37. The molecule has 1 heterocycles. The van der Waals surface area contributed by atoms with E-state index in [0.717, 1.165) is 37.2 Å². The second-order valence-corrected chi connectivity index (χ2v) is 9.12. The molecule has 0 spiro atoms. The molecular weight excluding hydrogens is 416 g/mol. The molecule has 1 N–H and O–H groups in total. The molecule has 0 bridgehead atoms. The first-order valence-corrected chi connectivity index (χ1v) is 11.4. The van der Waals surface area contributed by atoms with Crippen LogP contribution in [0.3, 0.4) is 0 Å². The Labute approximate surface area is 195 Å². The Kier molecular flexibility index (Phi) is 8.07. The number of nitriles is 1. The molecule has 0 atom stereocenters. The fourth-order valence-corrected chi connectivity index (χ4v) is 3.81. The van der Waals surface area contributed by atoms with Crippen LogP contribution in [0.25, 0.3) is 11.1 Å². The van der Waals surface area contributed by atoms with Gasteiger partial charge in [0.25, 0.3) is 5.91 Å². The molecule has 0 aromatic heterocycles. The van der Waals surface area contributed by atoms with Gasteiger partial charge in [0.1, 0.15) is 5.60 Å². The van der Waals surface area contributed by atoms with E-state index in [9.17, 15) is 14.9 Å². The van der Waals surface area contributed by atoms with Crippen LogP contribution in [0, 0.1) is 11.3 Å². The largest absolute Gasteiger partial charge is 0.444 e. The first kappa shape index (κ1) is 24.3. The first-order valence-electron chi connectivity index (χ1n) is 11.4. The fraction of sp³-hybridized carbons (Fsp3) is 0.423. The Morgan fingerprint density at radius 2 is 1.64 bits per heavy atom. The van der Waals surface area contributed by atoms with Crippen LogP contribution in [0.4, 0.5) is 4.79 Å². The van der Waals surface area contributed by atoms with Gasteiger partial charge < -0.3 is 15.0 Å². The van der Waals surface area contributed by atoms with Crippen molar-refractivity contribution in [2.45, 2.75) is 32.8 Å². The number of piperazine rings is 1. The van der Waals surface area contributed by atoms with E-state index in [0.29, 0.717) is 30.8 Å². The number of hydrogen-bond donors (Lipinski definition) is 1. The maximum Gasteiger partial charge on any atom is 0.410 e. The van der Waals surface area contributed by atoms with Crippen molar-refractivity contribution in [3.8, 4) is 17.2 Å². The average molecular weight is 449 g/mol. The monoisotopic (exact) mass is 448 g/mol. The zero-order chi connectivity index (χ0) is 23.8. The van der Waals surface area contributed by atoms with Crippen LogP contribution in [0.2, 0.25) is 0 Å². The minimum Gasteiger partial charge on any atom is -0.444 e. The summed E-state index contributed by atoms with van der Waals surface area (Å²) in [4.78, 5) is 29.1. The second kappa shape index (κ2) is 11.0. The SMILES string of the molecule is CC(C)(C)OC(=O)N1CCN(CCCNC(=O)c2ccccc2-c2ccccc2C#N)CC1. The first-order chi connectivity index (χ1) is 15.8. The molecule has 3 rings (SSSR count). The summed E-state index contributed by atoms with van der Waals surface area (Å²) in [6, 6.07) is 16.9. The van der Waals surface area contributed by atoms with E-state index < -0.39 is 5.60 Å². The van der Waals surface area contributed by atoms with Crippen molar-refractivity contribution in [1.29, 1.82) is 5.26 Å². The van der Waals surface area contributed by atoms with Gasteiger partial charge in [-0.05, 0) is 51.4 Å². The summed E-state index contributed by atoms with van der Waals surface area (Å²) >= 11 is 0. The normalized spacial score (nSPS) is 14.4. The molecule has 7 heteroatoms. The third-order valence-electron chi connectivity index (χ3n) is 5.47. The third-order valence-corrected chi connectivity index (χ3v) is 5.47. The number of hydrogen-bond acceptors (Lipinski definition) is 5. The molecule has 0 aliphatic carbocycles. The predicted molar refractivity (Wildman–Crippen MR) is 128 cm³/mol. The van der Waals surface area contributed by atoms with E-state index in [2.05, 4.69) is 16.3 Å². The summed E-state index contributed by atoms with van der Waals surface area (Å²) in [5, 5.41) is 12.4. The highest BCUT2D eigenvalue weighted by atomic mass is 16.6. The third kappa shape index (κ3) is 6.80. The van der Waals surface area contributed by atoms with Crippen LogP contribution in [0.5, 0.6) is 0 Å². The van der Waals surface area contributed by atoms with Gasteiger partial charge >= 0.3 is 6.09 Å². The number of ether oxygens (including phenoxy) is 1. The van der Waals surface area contributed by atoms with E-state index in [1.165, 1.54) is 0 Å². The number of benzene rings is 2. The molecule has 2 amide bonds. The van der Waals surface area contributed by atoms with E-state index >= 15 is 0 Å². The average Bonchev–Trinajstić information content (AvgIpc) is 2.81. The van der Waals surface area contributed by atoms with Gasteiger partial charge in [-0.3, -0.25) is 9.69 Å². The Bertz CT molecular complexity index is 1010. The zero-order valence-electron chi connectivity index (χ0n) is 19.6. The second-order valence-electron chi connectivity index (χ2n) is 9.12. The van der Waals surface area contributed by atoms with Crippen LogP contribution < -0.4 is 5.32 Å². The molecule has 2 aromatic carbocycles. The lowest BCUT2D eigenvalue weighted by Crippen LogP contribution is -2.50. The highest BCUT2D eigenvalue weighted by Crippen LogP contribution is 2.26. The summed E-state index contributed by atoms with van der Waals surface area (Å²) in [7, 11) is 0. The summed E-state index contributed by atoms with van der Waals surface area (Å²) < 4.78 is 5.44. The van der Waals surface area contributed by atoms with Gasteiger partial charge in [-0.25, -0.2) is 4.79 Å². The number of carbonyl (C=O) groups excluding carboxylic acids is 2. The highest BCUT2D eigenvalue weighted by Gasteiger charge is 2.25. The van der Waals surface area contributed by atoms with Crippen LogP contribution in [0.15, 0.2) is 48.5 Å². The zero-order valence-corrected chi connectivity index (χ0v) is 19.6. The molecule has 174 valence electrons. The van der Waals surface area contributed by atoms with Crippen LogP contribution in [0.1, 0.15) is 43.1 Å².